The molecule has 0 radical (unpaired) electrons. The molecular weight excluding hydrogens is 204 g/mol. The maximum Gasteiger partial charge on any atom is 0.0995 e. The molecular formula is C12H16N2O2. The van der Waals surface area contributed by atoms with Gasteiger partial charge in [0.05, 0.1) is 30.9 Å². The molecule has 16 heavy (non-hydrogen) atoms. The Labute approximate surface area is 95.5 Å². The Bertz CT molecular complexity index is 360. The molecule has 0 saturated heterocycles. The van der Waals surface area contributed by atoms with Crippen LogP contribution < -0.4 is 5.32 Å². The molecule has 0 amide bonds. The zero-order valence-corrected chi connectivity index (χ0v) is 9.31. The van der Waals surface area contributed by atoms with Gasteiger partial charge in [-0.3, -0.25) is 0 Å². The Balaban J connectivity index is 2.56. The van der Waals surface area contributed by atoms with Gasteiger partial charge in [-0.1, -0.05) is 18.2 Å². The van der Waals surface area contributed by atoms with E-state index in [9.17, 15) is 0 Å². The molecule has 0 aliphatic rings. The lowest BCUT2D eigenvalue weighted by Gasteiger charge is -2.15. The molecule has 1 aromatic carbocycles. The Hall–Kier alpha value is -1.41. The second-order valence-corrected chi connectivity index (χ2v) is 3.48. The number of aliphatic hydroxyl groups excluding tert-OH is 1. The van der Waals surface area contributed by atoms with Crippen LogP contribution in [0.1, 0.15) is 11.1 Å². The van der Waals surface area contributed by atoms with Crippen molar-refractivity contribution in [2.45, 2.75) is 12.6 Å². The molecule has 0 aromatic heterocycles. The second-order valence-electron chi connectivity index (χ2n) is 3.48. The number of hydrogen-bond donors (Lipinski definition) is 2. The highest BCUT2D eigenvalue weighted by atomic mass is 16.5. The molecule has 0 heterocycles. The lowest BCUT2D eigenvalue weighted by Crippen LogP contribution is -2.36. The van der Waals surface area contributed by atoms with Gasteiger partial charge in [0.2, 0.25) is 0 Å². The SMILES string of the molecule is COCC(CO)NCc1ccccc1C#N. The van der Waals surface area contributed by atoms with E-state index in [2.05, 4.69) is 11.4 Å². The fourth-order valence-electron chi connectivity index (χ4n) is 1.42. The van der Waals surface area contributed by atoms with Crippen molar-refractivity contribution < 1.29 is 9.84 Å². The van der Waals surface area contributed by atoms with E-state index >= 15 is 0 Å². The summed E-state index contributed by atoms with van der Waals surface area (Å²) in [5, 5.41) is 21.1. The quantitative estimate of drug-likeness (QED) is 0.739. The minimum atomic E-state index is -0.100. The molecule has 2 N–H and O–H groups in total. The van der Waals surface area contributed by atoms with Crippen LogP contribution in [0.2, 0.25) is 0 Å². The number of benzene rings is 1. The van der Waals surface area contributed by atoms with Crippen molar-refractivity contribution in [2.75, 3.05) is 20.3 Å². The van der Waals surface area contributed by atoms with E-state index in [1.807, 2.05) is 18.2 Å². The van der Waals surface area contributed by atoms with Crippen LogP contribution in [0, 0.1) is 11.3 Å². The number of nitrogens with one attached hydrogen (secondary N) is 1. The number of methoxy groups -OCH3 is 1. The van der Waals surface area contributed by atoms with Crippen molar-refractivity contribution in [2.24, 2.45) is 0 Å². The Morgan fingerprint density at radius 3 is 2.88 bits per heavy atom. The summed E-state index contributed by atoms with van der Waals surface area (Å²) < 4.78 is 4.95. The lowest BCUT2D eigenvalue weighted by atomic mass is 10.1. The predicted molar refractivity (Wildman–Crippen MR) is 60.7 cm³/mol. The number of ether oxygens (including phenoxy) is 1. The summed E-state index contributed by atoms with van der Waals surface area (Å²) in [4.78, 5) is 0. The van der Waals surface area contributed by atoms with Crippen LogP contribution in [-0.2, 0) is 11.3 Å². The molecule has 0 aliphatic carbocycles. The van der Waals surface area contributed by atoms with Gasteiger partial charge in [0.25, 0.3) is 0 Å². The smallest absolute Gasteiger partial charge is 0.0995 e. The van der Waals surface area contributed by atoms with E-state index < -0.39 is 0 Å². The van der Waals surface area contributed by atoms with Gasteiger partial charge in [0.1, 0.15) is 0 Å². The van der Waals surface area contributed by atoms with Crippen molar-refractivity contribution in [3.8, 4) is 6.07 Å². The van der Waals surface area contributed by atoms with E-state index in [1.165, 1.54) is 0 Å². The molecule has 1 rings (SSSR count). The molecule has 86 valence electrons. The first kappa shape index (κ1) is 12.7. The van der Waals surface area contributed by atoms with E-state index in [0.29, 0.717) is 18.7 Å². The number of aliphatic hydroxyl groups is 1. The molecule has 4 heteroatoms. The van der Waals surface area contributed by atoms with Crippen molar-refractivity contribution in [1.82, 2.24) is 5.32 Å². The topological polar surface area (TPSA) is 65.3 Å². The fraction of sp³-hybridized carbons (Fsp3) is 0.417. The van der Waals surface area contributed by atoms with E-state index in [1.54, 1.807) is 13.2 Å². The summed E-state index contributed by atoms with van der Waals surface area (Å²) in [6.45, 7) is 1.02. The summed E-state index contributed by atoms with van der Waals surface area (Å²) in [6.07, 6.45) is 0. The highest BCUT2D eigenvalue weighted by molar-refractivity contribution is 5.37. The minimum absolute atomic E-state index is 0.0164. The molecule has 0 aliphatic heterocycles. The monoisotopic (exact) mass is 220 g/mol. The zero-order valence-electron chi connectivity index (χ0n) is 9.31. The van der Waals surface area contributed by atoms with Gasteiger partial charge in [-0.05, 0) is 11.6 Å². The Kier molecular flexibility index (Phi) is 5.51. The van der Waals surface area contributed by atoms with Crippen LogP contribution in [0.3, 0.4) is 0 Å². The van der Waals surface area contributed by atoms with Crippen molar-refractivity contribution in [1.29, 1.82) is 5.26 Å². The average molecular weight is 220 g/mol. The van der Waals surface area contributed by atoms with Gasteiger partial charge in [-0.2, -0.15) is 5.26 Å². The summed E-state index contributed by atoms with van der Waals surface area (Å²) >= 11 is 0. The van der Waals surface area contributed by atoms with Crippen LogP contribution in [0.15, 0.2) is 24.3 Å². The van der Waals surface area contributed by atoms with Crippen molar-refractivity contribution >= 4 is 0 Å². The summed E-state index contributed by atoms with van der Waals surface area (Å²) in [7, 11) is 1.59. The molecule has 4 nitrogen and oxygen atoms in total. The zero-order chi connectivity index (χ0) is 11.8. The lowest BCUT2D eigenvalue weighted by molar-refractivity contribution is 0.128. The third kappa shape index (κ3) is 3.63. The first-order valence-corrected chi connectivity index (χ1v) is 5.13. The first-order valence-electron chi connectivity index (χ1n) is 5.13. The summed E-state index contributed by atoms with van der Waals surface area (Å²) in [5.74, 6) is 0. The third-order valence-corrected chi connectivity index (χ3v) is 2.31. The van der Waals surface area contributed by atoms with Crippen molar-refractivity contribution in [3.63, 3.8) is 0 Å². The highest BCUT2D eigenvalue weighted by Crippen LogP contribution is 2.06. The average Bonchev–Trinajstić information content (AvgIpc) is 2.34. The Morgan fingerprint density at radius 2 is 2.25 bits per heavy atom. The summed E-state index contributed by atoms with van der Waals surface area (Å²) in [6, 6.07) is 9.44. The van der Waals surface area contributed by atoms with E-state index in [4.69, 9.17) is 15.1 Å². The Morgan fingerprint density at radius 1 is 1.50 bits per heavy atom. The largest absolute Gasteiger partial charge is 0.395 e. The molecule has 0 spiro atoms. The van der Waals surface area contributed by atoms with Crippen LogP contribution in [0.4, 0.5) is 0 Å². The van der Waals surface area contributed by atoms with Gasteiger partial charge in [-0.25, -0.2) is 0 Å². The van der Waals surface area contributed by atoms with Crippen LogP contribution in [0.25, 0.3) is 0 Å². The number of nitrogens with zero attached hydrogens (tertiary/aromatic N) is 1. The second kappa shape index (κ2) is 6.96. The third-order valence-electron chi connectivity index (χ3n) is 2.31. The maximum absolute atomic E-state index is 9.05. The molecule has 0 bridgehead atoms. The van der Waals surface area contributed by atoms with Crippen LogP contribution in [0.5, 0.6) is 0 Å². The highest BCUT2D eigenvalue weighted by Gasteiger charge is 2.07. The van der Waals surface area contributed by atoms with Gasteiger partial charge < -0.3 is 15.2 Å². The number of rotatable bonds is 6. The van der Waals surface area contributed by atoms with Gasteiger partial charge in [0.15, 0.2) is 0 Å². The number of hydrogen-bond acceptors (Lipinski definition) is 4. The van der Waals surface area contributed by atoms with Crippen molar-refractivity contribution in [3.05, 3.63) is 35.4 Å². The predicted octanol–water partition coefficient (Wildman–Crippen LogP) is 0.655. The first-order chi connectivity index (χ1) is 7.81. The molecule has 0 fully saturated rings. The minimum Gasteiger partial charge on any atom is -0.395 e. The van der Waals surface area contributed by atoms with Gasteiger partial charge in [-0.15, -0.1) is 0 Å². The van der Waals surface area contributed by atoms with E-state index in [-0.39, 0.29) is 12.6 Å². The fourth-order valence-corrected chi connectivity index (χ4v) is 1.42. The maximum atomic E-state index is 9.05. The molecule has 1 atom stereocenters. The standard InChI is InChI=1S/C12H16N2O2/c1-16-9-12(8-15)14-7-11-5-3-2-4-10(11)6-13/h2-5,12,14-15H,7-9H2,1H3. The summed E-state index contributed by atoms with van der Waals surface area (Å²) in [5.41, 5.74) is 1.59. The molecule has 1 aromatic rings. The van der Waals surface area contributed by atoms with Gasteiger partial charge in [0, 0.05) is 13.7 Å². The van der Waals surface area contributed by atoms with E-state index in [0.717, 1.165) is 5.56 Å². The van der Waals surface area contributed by atoms with Gasteiger partial charge >= 0.3 is 0 Å². The molecule has 1 unspecified atom stereocenters. The van der Waals surface area contributed by atoms with Crippen LogP contribution >= 0.6 is 0 Å². The molecule has 0 saturated carbocycles. The van der Waals surface area contributed by atoms with Crippen LogP contribution in [-0.4, -0.2) is 31.5 Å². The number of nitriles is 1. The normalized spacial score (nSPS) is 12.1.